The minimum Gasteiger partial charge on any atom is -0.482 e. The maximum absolute atomic E-state index is 12.7. The number of benzene rings is 1. The number of aromatic carboxylic acids is 1. The van der Waals surface area contributed by atoms with Crippen LogP contribution in [0.15, 0.2) is 30.5 Å². The van der Waals surface area contributed by atoms with Gasteiger partial charge in [0.1, 0.15) is 16.9 Å². The van der Waals surface area contributed by atoms with E-state index in [0.29, 0.717) is 37.8 Å². The van der Waals surface area contributed by atoms with E-state index < -0.39 is 17.7 Å². The molecule has 200 valence electrons. The van der Waals surface area contributed by atoms with Crippen LogP contribution in [-0.2, 0) is 4.74 Å². The molecule has 1 saturated carbocycles. The first-order valence-corrected chi connectivity index (χ1v) is 13.1. The number of piperazine rings is 1. The van der Waals surface area contributed by atoms with Crippen LogP contribution in [0, 0.1) is 13.8 Å². The van der Waals surface area contributed by atoms with Gasteiger partial charge in [-0.05, 0) is 95.2 Å². The van der Waals surface area contributed by atoms with E-state index in [9.17, 15) is 14.7 Å². The number of amides is 1. The van der Waals surface area contributed by atoms with Crippen LogP contribution >= 0.6 is 0 Å². The second kappa shape index (κ2) is 10.7. The van der Waals surface area contributed by atoms with Crippen molar-refractivity contribution in [2.24, 2.45) is 0 Å². The molecule has 8 nitrogen and oxygen atoms in total. The van der Waals surface area contributed by atoms with Gasteiger partial charge in [0.2, 0.25) is 0 Å². The Balaban J connectivity index is 1.54. The number of rotatable bonds is 7. The fraction of sp³-hybridized carbons (Fsp3) is 0.552. The van der Waals surface area contributed by atoms with Crippen molar-refractivity contribution in [2.45, 2.75) is 78.0 Å². The molecule has 1 amide bonds. The smallest absolute Gasteiger partial charge is 0.410 e. The van der Waals surface area contributed by atoms with Crippen molar-refractivity contribution in [3.8, 4) is 5.75 Å². The highest BCUT2D eigenvalue weighted by Gasteiger charge is 2.33. The molecular weight excluding hydrogens is 470 g/mol. The number of aryl methyl sites for hydroxylation is 2. The number of pyridine rings is 1. The van der Waals surface area contributed by atoms with Gasteiger partial charge in [-0.1, -0.05) is 6.07 Å². The maximum Gasteiger partial charge on any atom is 0.410 e. The van der Waals surface area contributed by atoms with Crippen LogP contribution < -0.4 is 4.74 Å². The number of carbonyl (C=O) groups is 2. The van der Waals surface area contributed by atoms with Gasteiger partial charge in [0.05, 0.1) is 5.69 Å². The van der Waals surface area contributed by atoms with Crippen LogP contribution in [0.2, 0.25) is 0 Å². The maximum atomic E-state index is 12.7. The zero-order chi connectivity index (χ0) is 26.9. The summed E-state index contributed by atoms with van der Waals surface area (Å²) in [7, 11) is 0. The normalized spacial score (nSPS) is 19.4. The lowest BCUT2D eigenvalue weighted by molar-refractivity contribution is -0.00317. The summed E-state index contributed by atoms with van der Waals surface area (Å²) in [6.07, 6.45) is 3.56. The Morgan fingerprint density at radius 2 is 1.84 bits per heavy atom. The molecule has 4 rings (SSSR count). The van der Waals surface area contributed by atoms with Crippen molar-refractivity contribution in [2.75, 3.05) is 26.2 Å². The van der Waals surface area contributed by atoms with Crippen LogP contribution in [0.1, 0.15) is 85.3 Å². The molecule has 1 aromatic carbocycles. The fourth-order valence-corrected chi connectivity index (χ4v) is 4.69. The van der Waals surface area contributed by atoms with Crippen molar-refractivity contribution in [1.29, 1.82) is 0 Å². The summed E-state index contributed by atoms with van der Waals surface area (Å²) in [4.78, 5) is 33.4. The number of carboxylic acid groups (broad SMARTS) is 1. The van der Waals surface area contributed by atoms with Gasteiger partial charge < -0.3 is 19.5 Å². The first-order chi connectivity index (χ1) is 17.4. The second-order valence-corrected chi connectivity index (χ2v) is 11.4. The van der Waals surface area contributed by atoms with E-state index >= 15 is 0 Å². The van der Waals surface area contributed by atoms with Crippen molar-refractivity contribution < 1.29 is 24.2 Å². The number of hydrogen-bond donors (Lipinski definition) is 1. The zero-order valence-corrected chi connectivity index (χ0v) is 22.8. The van der Waals surface area contributed by atoms with Gasteiger partial charge in [-0.3, -0.25) is 9.88 Å². The summed E-state index contributed by atoms with van der Waals surface area (Å²) in [5.41, 5.74) is 3.47. The minimum atomic E-state index is -1.02. The molecule has 2 heterocycles. The molecule has 1 unspecified atom stereocenters. The second-order valence-electron chi connectivity index (χ2n) is 11.4. The summed E-state index contributed by atoms with van der Waals surface area (Å²) < 4.78 is 12.0. The van der Waals surface area contributed by atoms with Gasteiger partial charge in [0, 0.05) is 38.4 Å². The molecule has 37 heavy (non-hydrogen) atoms. The number of nitrogens with zero attached hydrogens (tertiary/aromatic N) is 3. The third-order valence-corrected chi connectivity index (χ3v) is 7.05. The lowest BCUT2D eigenvalue weighted by Crippen LogP contribution is -2.55. The topological polar surface area (TPSA) is 92.2 Å². The van der Waals surface area contributed by atoms with Gasteiger partial charge in [-0.15, -0.1) is 0 Å². The number of carboxylic acids is 1. The zero-order valence-electron chi connectivity index (χ0n) is 22.8. The Hall–Kier alpha value is -3.13. The van der Waals surface area contributed by atoms with Gasteiger partial charge in [0.25, 0.3) is 0 Å². The average molecular weight is 510 g/mol. The van der Waals surface area contributed by atoms with Crippen molar-refractivity contribution >= 4 is 12.1 Å². The summed E-state index contributed by atoms with van der Waals surface area (Å²) >= 11 is 0. The fourth-order valence-electron chi connectivity index (χ4n) is 4.69. The molecule has 2 fully saturated rings. The molecule has 2 atom stereocenters. The largest absolute Gasteiger partial charge is 0.482 e. The number of carbonyl (C=O) groups excluding carboxylic acids is 1. The van der Waals surface area contributed by atoms with E-state index in [2.05, 4.69) is 11.0 Å². The summed E-state index contributed by atoms with van der Waals surface area (Å²) in [6, 6.07) is 7.53. The first-order valence-electron chi connectivity index (χ1n) is 13.1. The molecule has 1 saturated heterocycles. The molecule has 1 aliphatic heterocycles. The Kier molecular flexibility index (Phi) is 7.78. The number of hydrogen-bond acceptors (Lipinski definition) is 6. The monoisotopic (exact) mass is 509 g/mol. The van der Waals surface area contributed by atoms with Gasteiger partial charge in [0.15, 0.2) is 6.10 Å². The van der Waals surface area contributed by atoms with Crippen LogP contribution in [0.4, 0.5) is 4.79 Å². The summed E-state index contributed by atoms with van der Waals surface area (Å²) in [5.74, 6) is -0.0799. The SMILES string of the molecule is Cc1cc(OC(CN2CCN(C(=O)OC(C)(C)C)[C@H](C)C2)c2ccc(C3CC3)cn2)c(C(=O)O)cc1C. The van der Waals surface area contributed by atoms with Crippen LogP contribution in [0.5, 0.6) is 5.75 Å². The van der Waals surface area contributed by atoms with E-state index in [1.54, 1.807) is 17.0 Å². The Morgan fingerprint density at radius 1 is 1.14 bits per heavy atom. The highest BCUT2D eigenvalue weighted by atomic mass is 16.6. The quantitative estimate of drug-likeness (QED) is 0.539. The van der Waals surface area contributed by atoms with Gasteiger partial charge in [-0.2, -0.15) is 0 Å². The minimum absolute atomic E-state index is 0.0364. The summed E-state index contributed by atoms with van der Waals surface area (Å²) in [6.45, 7) is 13.8. The predicted molar refractivity (Wildman–Crippen MR) is 141 cm³/mol. The standard InChI is InChI=1S/C29H39N3O5/c1-18-13-23(27(33)34)25(14-19(18)2)36-26(24-10-9-22(15-30-24)21-7-8-21)17-31-11-12-32(20(3)16-31)28(35)37-29(4,5)6/h9-10,13-15,20-21,26H,7-8,11-12,16-17H2,1-6H3,(H,33,34)/t20-,26?/m1/s1. The molecule has 0 spiro atoms. The summed E-state index contributed by atoms with van der Waals surface area (Å²) in [5, 5.41) is 9.83. The molecule has 1 aromatic heterocycles. The molecule has 2 aromatic rings. The molecule has 2 aliphatic rings. The van der Waals surface area contributed by atoms with E-state index in [4.69, 9.17) is 14.5 Å². The molecule has 0 radical (unpaired) electrons. The third kappa shape index (κ3) is 6.80. The molecule has 8 heteroatoms. The van der Waals surface area contributed by atoms with Crippen LogP contribution in [0.3, 0.4) is 0 Å². The lowest BCUT2D eigenvalue weighted by Gasteiger charge is -2.41. The number of aromatic nitrogens is 1. The molecular formula is C29H39N3O5. The predicted octanol–water partition coefficient (Wildman–Crippen LogP) is 5.34. The molecule has 0 bridgehead atoms. The van der Waals surface area contributed by atoms with Crippen molar-refractivity contribution in [3.05, 3.63) is 58.4 Å². The Bertz CT molecular complexity index is 1140. The van der Waals surface area contributed by atoms with Gasteiger partial charge in [-0.25, -0.2) is 9.59 Å². The van der Waals surface area contributed by atoms with Crippen molar-refractivity contribution in [1.82, 2.24) is 14.8 Å². The third-order valence-electron chi connectivity index (χ3n) is 7.05. The lowest BCUT2D eigenvalue weighted by atomic mass is 10.0. The van der Waals surface area contributed by atoms with E-state index in [1.807, 2.05) is 53.8 Å². The van der Waals surface area contributed by atoms with E-state index in [1.165, 1.54) is 18.4 Å². The van der Waals surface area contributed by atoms with Gasteiger partial charge >= 0.3 is 12.1 Å². The first kappa shape index (κ1) is 26.9. The number of ether oxygens (including phenoxy) is 2. The highest BCUT2D eigenvalue weighted by molar-refractivity contribution is 5.91. The molecule has 1 N–H and O–H groups in total. The van der Waals surface area contributed by atoms with E-state index in [-0.39, 0.29) is 17.7 Å². The Morgan fingerprint density at radius 3 is 2.41 bits per heavy atom. The van der Waals surface area contributed by atoms with Crippen LogP contribution in [-0.4, -0.2) is 69.8 Å². The molecule has 1 aliphatic carbocycles. The highest BCUT2D eigenvalue weighted by Crippen LogP contribution is 2.40. The Labute approximate surface area is 219 Å². The van der Waals surface area contributed by atoms with Crippen LogP contribution in [0.25, 0.3) is 0 Å². The van der Waals surface area contributed by atoms with E-state index in [0.717, 1.165) is 16.8 Å². The van der Waals surface area contributed by atoms with Crippen molar-refractivity contribution in [3.63, 3.8) is 0 Å². The average Bonchev–Trinajstić information content (AvgIpc) is 3.65.